The van der Waals surface area contributed by atoms with E-state index in [2.05, 4.69) is 5.32 Å². The van der Waals surface area contributed by atoms with Crippen molar-refractivity contribution in [1.29, 1.82) is 0 Å². The van der Waals surface area contributed by atoms with Crippen LogP contribution in [0.4, 0.5) is 4.39 Å². The molecule has 0 unspecified atom stereocenters. The summed E-state index contributed by atoms with van der Waals surface area (Å²) in [6, 6.07) is 5.82. The van der Waals surface area contributed by atoms with Gasteiger partial charge in [0.15, 0.2) is 9.84 Å². The van der Waals surface area contributed by atoms with Gasteiger partial charge in [0, 0.05) is 0 Å². The van der Waals surface area contributed by atoms with Crippen molar-refractivity contribution in [3.8, 4) is 0 Å². The zero-order valence-electron chi connectivity index (χ0n) is 10.6. The van der Waals surface area contributed by atoms with Crippen LogP contribution in [0, 0.1) is 5.82 Å². The number of hydrogen-bond donors (Lipinski definition) is 1. The van der Waals surface area contributed by atoms with Crippen LogP contribution in [0.25, 0.3) is 0 Å². The summed E-state index contributed by atoms with van der Waals surface area (Å²) >= 11 is 0. The third kappa shape index (κ3) is 3.76. The minimum Gasteiger partial charge on any atom is -0.350 e. The van der Waals surface area contributed by atoms with Crippen LogP contribution in [0.5, 0.6) is 0 Å². The van der Waals surface area contributed by atoms with Gasteiger partial charge in [-0.15, -0.1) is 0 Å². The van der Waals surface area contributed by atoms with Crippen molar-refractivity contribution < 1.29 is 17.6 Å². The SMILES string of the molecule is C[C@]1(NC(=O)Cc2cccc(F)c2)CCS(=O)(=O)C1. The molecule has 4 nitrogen and oxygen atoms in total. The van der Waals surface area contributed by atoms with E-state index < -0.39 is 15.4 Å². The summed E-state index contributed by atoms with van der Waals surface area (Å²) in [6.07, 6.45) is 0.470. The molecule has 1 amide bonds. The first-order valence-electron chi connectivity index (χ1n) is 6.04. The fraction of sp³-hybridized carbons (Fsp3) is 0.462. The maximum atomic E-state index is 13.0. The van der Waals surface area contributed by atoms with Crippen LogP contribution in [0.2, 0.25) is 0 Å². The summed E-state index contributed by atoms with van der Waals surface area (Å²) in [7, 11) is -3.05. The number of hydrogen-bond acceptors (Lipinski definition) is 3. The fourth-order valence-electron chi connectivity index (χ4n) is 2.32. The minimum absolute atomic E-state index is 0.0328. The van der Waals surface area contributed by atoms with Crippen molar-refractivity contribution in [3.63, 3.8) is 0 Å². The highest BCUT2D eigenvalue weighted by molar-refractivity contribution is 7.91. The van der Waals surface area contributed by atoms with E-state index in [4.69, 9.17) is 0 Å². The molecule has 0 spiro atoms. The Morgan fingerprint density at radius 3 is 2.79 bits per heavy atom. The maximum absolute atomic E-state index is 13.0. The first-order chi connectivity index (χ1) is 8.78. The molecule has 1 aliphatic heterocycles. The Balaban J connectivity index is 1.99. The molecule has 1 fully saturated rings. The van der Waals surface area contributed by atoms with Gasteiger partial charge in [-0.3, -0.25) is 4.79 Å². The van der Waals surface area contributed by atoms with Gasteiger partial charge in [-0.1, -0.05) is 12.1 Å². The molecule has 104 valence electrons. The Labute approximate surface area is 111 Å². The topological polar surface area (TPSA) is 63.2 Å². The standard InChI is InChI=1S/C13H16FNO3S/c1-13(5-6-19(17,18)9-13)15-12(16)8-10-3-2-4-11(14)7-10/h2-4,7H,5-6,8-9H2,1H3,(H,15,16)/t13-/m0/s1. The molecule has 0 aromatic heterocycles. The van der Waals surface area contributed by atoms with Crippen molar-refractivity contribution in [2.24, 2.45) is 0 Å². The second-order valence-electron chi connectivity index (χ2n) is 5.26. The van der Waals surface area contributed by atoms with Crippen molar-refractivity contribution in [3.05, 3.63) is 35.6 Å². The van der Waals surface area contributed by atoms with E-state index in [1.54, 1.807) is 19.1 Å². The van der Waals surface area contributed by atoms with E-state index in [1.807, 2.05) is 0 Å². The van der Waals surface area contributed by atoms with Crippen molar-refractivity contribution in [2.45, 2.75) is 25.3 Å². The van der Waals surface area contributed by atoms with Crippen LogP contribution in [-0.2, 0) is 21.1 Å². The Morgan fingerprint density at radius 1 is 1.47 bits per heavy atom. The number of carbonyl (C=O) groups excluding carboxylic acids is 1. The second kappa shape index (κ2) is 4.92. The van der Waals surface area contributed by atoms with Gasteiger partial charge in [0.1, 0.15) is 5.82 Å². The Morgan fingerprint density at radius 2 is 2.21 bits per heavy atom. The summed E-state index contributed by atoms with van der Waals surface area (Å²) in [5.74, 6) is -0.608. The first-order valence-corrected chi connectivity index (χ1v) is 7.86. The molecule has 0 saturated carbocycles. The van der Waals surface area contributed by atoms with Gasteiger partial charge in [0.05, 0.1) is 23.5 Å². The molecular weight excluding hydrogens is 269 g/mol. The van der Waals surface area contributed by atoms with Gasteiger partial charge >= 0.3 is 0 Å². The van der Waals surface area contributed by atoms with Gasteiger partial charge in [-0.25, -0.2) is 12.8 Å². The maximum Gasteiger partial charge on any atom is 0.224 e. The number of carbonyl (C=O) groups is 1. The number of rotatable bonds is 3. The van der Waals surface area contributed by atoms with E-state index in [0.29, 0.717) is 12.0 Å². The molecule has 0 aliphatic carbocycles. The smallest absolute Gasteiger partial charge is 0.224 e. The first kappa shape index (κ1) is 14.0. The average Bonchev–Trinajstić information content (AvgIpc) is 2.52. The van der Waals surface area contributed by atoms with Crippen molar-refractivity contribution in [2.75, 3.05) is 11.5 Å². The van der Waals surface area contributed by atoms with Gasteiger partial charge in [-0.05, 0) is 31.0 Å². The lowest BCUT2D eigenvalue weighted by atomic mass is 10.0. The normalized spacial score (nSPS) is 25.2. The molecule has 1 N–H and O–H groups in total. The third-order valence-electron chi connectivity index (χ3n) is 3.20. The molecular formula is C13H16FNO3S. The summed E-state index contributed by atoms with van der Waals surface area (Å²) < 4.78 is 35.8. The number of halogens is 1. The highest BCUT2D eigenvalue weighted by atomic mass is 32.2. The molecule has 1 atom stereocenters. The van der Waals surface area contributed by atoms with Crippen LogP contribution < -0.4 is 5.32 Å². The Kier molecular flexibility index (Phi) is 3.62. The average molecular weight is 285 g/mol. The molecule has 0 radical (unpaired) electrons. The van der Waals surface area contributed by atoms with Gasteiger partial charge in [-0.2, -0.15) is 0 Å². The molecule has 6 heteroatoms. The number of nitrogens with one attached hydrogen (secondary N) is 1. The monoisotopic (exact) mass is 285 g/mol. The van der Waals surface area contributed by atoms with Gasteiger partial charge < -0.3 is 5.32 Å². The second-order valence-corrected chi connectivity index (χ2v) is 7.44. The Hall–Kier alpha value is -1.43. The van der Waals surface area contributed by atoms with Crippen LogP contribution in [0.3, 0.4) is 0 Å². The van der Waals surface area contributed by atoms with Crippen LogP contribution in [-0.4, -0.2) is 31.4 Å². The summed E-state index contributed by atoms with van der Waals surface area (Å²) in [5.41, 5.74) is -0.134. The van der Waals surface area contributed by atoms with E-state index in [1.165, 1.54) is 12.1 Å². The fourth-order valence-corrected chi connectivity index (χ4v) is 4.42. The van der Waals surface area contributed by atoms with Gasteiger partial charge in [0.2, 0.25) is 5.91 Å². The highest BCUT2D eigenvalue weighted by Crippen LogP contribution is 2.22. The zero-order valence-corrected chi connectivity index (χ0v) is 11.5. The minimum atomic E-state index is -3.05. The van der Waals surface area contributed by atoms with E-state index in [9.17, 15) is 17.6 Å². The number of benzene rings is 1. The van der Waals surface area contributed by atoms with E-state index in [-0.39, 0.29) is 29.7 Å². The molecule has 1 aromatic rings. The van der Waals surface area contributed by atoms with Crippen molar-refractivity contribution >= 4 is 15.7 Å². The quantitative estimate of drug-likeness (QED) is 0.903. The molecule has 1 aliphatic rings. The van der Waals surface area contributed by atoms with E-state index >= 15 is 0 Å². The summed E-state index contributed by atoms with van der Waals surface area (Å²) in [5, 5.41) is 2.74. The predicted octanol–water partition coefficient (Wildman–Crippen LogP) is 1.06. The molecule has 0 bridgehead atoms. The van der Waals surface area contributed by atoms with Crippen LogP contribution in [0.1, 0.15) is 18.9 Å². The molecule has 2 rings (SSSR count). The predicted molar refractivity (Wildman–Crippen MR) is 69.9 cm³/mol. The van der Waals surface area contributed by atoms with Gasteiger partial charge in [0.25, 0.3) is 0 Å². The molecule has 1 aromatic carbocycles. The third-order valence-corrected chi connectivity index (χ3v) is 5.10. The molecule has 19 heavy (non-hydrogen) atoms. The number of amides is 1. The zero-order chi connectivity index (χ0) is 14.1. The lowest BCUT2D eigenvalue weighted by Gasteiger charge is -2.23. The Bertz CT molecular complexity index is 600. The summed E-state index contributed by atoms with van der Waals surface area (Å²) in [4.78, 5) is 11.9. The lowest BCUT2D eigenvalue weighted by molar-refractivity contribution is -0.121. The lowest BCUT2D eigenvalue weighted by Crippen LogP contribution is -2.47. The van der Waals surface area contributed by atoms with Crippen LogP contribution in [0.15, 0.2) is 24.3 Å². The highest BCUT2D eigenvalue weighted by Gasteiger charge is 2.39. The summed E-state index contributed by atoms with van der Waals surface area (Å²) in [6.45, 7) is 1.72. The largest absolute Gasteiger partial charge is 0.350 e. The molecule has 1 heterocycles. The van der Waals surface area contributed by atoms with E-state index in [0.717, 1.165) is 0 Å². The number of sulfone groups is 1. The molecule has 1 saturated heterocycles. The van der Waals surface area contributed by atoms with Crippen molar-refractivity contribution in [1.82, 2.24) is 5.32 Å². The van der Waals surface area contributed by atoms with Crippen LogP contribution >= 0.6 is 0 Å².